The molecule has 0 amide bonds. The minimum atomic E-state index is -3.87. The molecule has 0 saturated heterocycles. The fourth-order valence-corrected chi connectivity index (χ4v) is 4.69. The highest BCUT2D eigenvalue weighted by molar-refractivity contribution is 7.85. The molecule has 1 N–H and O–H groups in total. The number of benzene rings is 2. The molecule has 3 aromatic rings. The number of hydrogen-bond acceptors (Lipinski definition) is 3. The highest BCUT2D eigenvalue weighted by atomic mass is 32.2. The molecule has 0 fully saturated rings. The number of aryl methyl sites for hydroxylation is 1. The van der Waals surface area contributed by atoms with Crippen molar-refractivity contribution in [3.8, 4) is 0 Å². The molecule has 3 rings (SSSR count). The maximum atomic E-state index is 10.8. The van der Waals surface area contributed by atoms with E-state index in [-0.39, 0.29) is 5.75 Å². The molecule has 1 heterocycles. The van der Waals surface area contributed by atoms with Crippen molar-refractivity contribution in [1.29, 1.82) is 0 Å². The number of unbranched alkanes of at least 4 members (excludes halogenated alkanes) is 3. The van der Waals surface area contributed by atoms with Crippen molar-refractivity contribution in [3.05, 3.63) is 72.1 Å². The van der Waals surface area contributed by atoms with Crippen LogP contribution in [0.5, 0.6) is 0 Å². The first-order valence-electron chi connectivity index (χ1n) is 12.8. The van der Waals surface area contributed by atoms with Gasteiger partial charge in [0.1, 0.15) is 6.54 Å². The third-order valence-electron chi connectivity index (χ3n) is 6.23. The van der Waals surface area contributed by atoms with Crippen LogP contribution >= 0.6 is 0 Å². The Morgan fingerprint density at radius 1 is 0.800 bits per heavy atom. The zero-order valence-electron chi connectivity index (χ0n) is 21.1. The standard InChI is InChI=1S/C29H38N2O3S/c1-3-5-18-31(19-6-4-2)29-14-13-27-23-26(11-12-28(27)24-29)10-9-25-15-20-30(21-16-25)17-7-8-22-35(32,33)34/h9-16,20-21,23-24H,3-8,17-19,22H2,1-2H3/p+1. The van der Waals surface area contributed by atoms with Gasteiger partial charge in [0.2, 0.25) is 0 Å². The monoisotopic (exact) mass is 495 g/mol. The number of anilines is 1. The Kier molecular flexibility index (Phi) is 10.3. The lowest BCUT2D eigenvalue weighted by Gasteiger charge is -2.25. The van der Waals surface area contributed by atoms with Crippen LogP contribution in [0.15, 0.2) is 60.9 Å². The van der Waals surface area contributed by atoms with Crippen molar-refractivity contribution in [2.24, 2.45) is 0 Å². The van der Waals surface area contributed by atoms with Crippen LogP contribution in [0.2, 0.25) is 0 Å². The number of nitrogens with zero attached hydrogens (tertiary/aromatic N) is 2. The van der Waals surface area contributed by atoms with Gasteiger partial charge in [-0.25, -0.2) is 4.57 Å². The molecule has 5 nitrogen and oxygen atoms in total. The van der Waals surface area contributed by atoms with Crippen LogP contribution in [0, 0.1) is 0 Å². The van der Waals surface area contributed by atoms with Crippen molar-refractivity contribution in [2.45, 2.75) is 58.9 Å². The van der Waals surface area contributed by atoms with Crippen LogP contribution in [0.3, 0.4) is 0 Å². The normalized spacial score (nSPS) is 12.0. The van der Waals surface area contributed by atoms with Gasteiger partial charge < -0.3 is 4.90 Å². The molecule has 35 heavy (non-hydrogen) atoms. The van der Waals surface area contributed by atoms with Gasteiger partial charge in [-0.1, -0.05) is 57.0 Å². The molecular formula is C29H39N2O3S+. The van der Waals surface area contributed by atoms with Crippen molar-refractivity contribution in [3.63, 3.8) is 0 Å². The first kappa shape index (κ1) is 26.9. The predicted molar refractivity (Wildman–Crippen MR) is 147 cm³/mol. The van der Waals surface area contributed by atoms with E-state index in [0.29, 0.717) is 12.8 Å². The summed E-state index contributed by atoms with van der Waals surface area (Å²) in [5.41, 5.74) is 3.59. The first-order valence-corrected chi connectivity index (χ1v) is 14.4. The lowest BCUT2D eigenvalue weighted by Crippen LogP contribution is -2.32. The van der Waals surface area contributed by atoms with Gasteiger partial charge >= 0.3 is 0 Å². The molecule has 0 saturated carbocycles. The van der Waals surface area contributed by atoms with E-state index in [4.69, 9.17) is 4.55 Å². The maximum absolute atomic E-state index is 10.8. The summed E-state index contributed by atoms with van der Waals surface area (Å²) in [6.45, 7) is 7.45. The Bertz CT molecular complexity index is 1200. The number of fused-ring (bicyclic) bond motifs is 1. The predicted octanol–water partition coefficient (Wildman–Crippen LogP) is 6.37. The Balaban J connectivity index is 1.62. The Hall–Kier alpha value is -2.70. The van der Waals surface area contributed by atoms with Crippen molar-refractivity contribution >= 4 is 38.7 Å². The molecule has 1 aromatic heterocycles. The zero-order chi connectivity index (χ0) is 25.1. The first-order chi connectivity index (χ1) is 16.9. The number of hydrogen-bond donors (Lipinski definition) is 1. The third-order valence-corrected chi connectivity index (χ3v) is 7.03. The minimum Gasteiger partial charge on any atom is -0.372 e. The smallest absolute Gasteiger partial charge is 0.264 e. The molecule has 6 heteroatoms. The van der Waals surface area contributed by atoms with Crippen LogP contribution in [-0.4, -0.2) is 31.8 Å². The van der Waals surface area contributed by atoms with E-state index in [1.165, 1.54) is 47.7 Å². The Labute approximate surface area is 210 Å². The molecule has 0 aliphatic heterocycles. The van der Waals surface area contributed by atoms with Crippen LogP contribution in [-0.2, 0) is 16.7 Å². The van der Waals surface area contributed by atoms with E-state index < -0.39 is 10.1 Å². The van der Waals surface area contributed by atoms with Crippen LogP contribution < -0.4 is 9.47 Å². The highest BCUT2D eigenvalue weighted by Gasteiger charge is 2.08. The maximum Gasteiger partial charge on any atom is 0.264 e. The van der Waals surface area contributed by atoms with E-state index in [1.54, 1.807) is 0 Å². The summed E-state index contributed by atoms with van der Waals surface area (Å²) < 4.78 is 32.4. The molecule has 2 aromatic carbocycles. The number of aromatic nitrogens is 1. The van der Waals surface area contributed by atoms with E-state index >= 15 is 0 Å². The highest BCUT2D eigenvalue weighted by Crippen LogP contribution is 2.25. The van der Waals surface area contributed by atoms with E-state index in [0.717, 1.165) is 25.2 Å². The second-order valence-electron chi connectivity index (χ2n) is 9.18. The fraction of sp³-hybridized carbons (Fsp3) is 0.414. The molecule has 0 spiro atoms. The molecule has 0 aliphatic rings. The van der Waals surface area contributed by atoms with Crippen LogP contribution in [0.25, 0.3) is 22.9 Å². The summed E-state index contributed by atoms with van der Waals surface area (Å²) in [6.07, 6.45) is 14.3. The van der Waals surface area contributed by atoms with E-state index in [2.05, 4.69) is 67.3 Å². The summed E-state index contributed by atoms with van der Waals surface area (Å²) >= 11 is 0. The largest absolute Gasteiger partial charge is 0.372 e. The molecule has 0 bridgehead atoms. The van der Waals surface area contributed by atoms with Gasteiger partial charge in [0, 0.05) is 37.3 Å². The number of rotatable bonds is 14. The average Bonchev–Trinajstić information content (AvgIpc) is 2.85. The lowest BCUT2D eigenvalue weighted by molar-refractivity contribution is -0.697. The van der Waals surface area contributed by atoms with Gasteiger partial charge in [-0.2, -0.15) is 8.42 Å². The minimum absolute atomic E-state index is 0.183. The Morgan fingerprint density at radius 3 is 2.09 bits per heavy atom. The molecule has 0 radical (unpaired) electrons. The van der Waals surface area contributed by atoms with E-state index in [1.807, 2.05) is 29.1 Å². The SMILES string of the molecule is CCCCN(CCCC)c1ccc2cc(/C=C/c3cc[n+](CCCCS(=O)(=O)O)cc3)ccc2c1. The van der Waals surface area contributed by atoms with Gasteiger partial charge in [0.05, 0.1) is 5.75 Å². The molecular weight excluding hydrogens is 456 g/mol. The van der Waals surface area contributed by atoms with Gasteiger partial charge in [0.15, 0.2) is 12.4 Å². The van der Waals surface area contributed by atoms with Crippen LogP contribution in [0.1, 0.15) is 63.5 Å². The van der Waals surface area contributed by atoms with Crippen molar-refractivity contribution in [2.75, 3.05) is 23.7 Å². The quantitative estimate of drug-likeness (QED) is 0.160. The second kappa shape index (κ2) is 13.4. The lowest BCUT2D eigenvalue weighted by atomic mass is 10.0. The number of pyridine rings is 1. The fourth-order valence-electron chi connectivity index (χ4n) is 4.12. The van der Waals surface area contributed by atoms with Gasteiger partial charge in [0.25, 0.3) is 10.1 Å². The van der Waals surface area contributed by atoms with E-state index in [9.17, 15) is 8.42 Å². The third kappa shape index (κ3) is 9.11. The van der Waals surface area contributed by atoms with Gasteiger partial charge in [-0.3, -0.25) is 4.55 Å². The van der Waals surface area contributed by atoms with Gasteiger partial charge in [-0.15, -0.1) is 0 Å². The van der Waals surface area contributed by atoms with Gasteiger partial charge in [-0.05, 0) is 59.4 Å². The van der Waals surface area contributed by atoms with Crippen LogP contribution in [0.4, 0.5) is 5.69 Å². The van der Waals surface area contributed by atoms with Crippen molar-refractivity contribution < 1.29 is 17.5 Å². The summed E-state index contributed by atoms with van der Waals surface area (Å²) in [5, 5.41) is 2.52. The molecule has 0 atom stereocenters. The van der Waals surface area contributed by atoms with Crippen molar-refractivity contribution in [1.82, 2.24) is 0 Å². The Morgan fingerprint density at radius 2 is 1.43 bits per heavy atom. The summed E-state index contributed by atoms with van der Waals surface area (Å²) in [6, 6.07) is 17.5. The second-order valence-corrected chi connectivity index (χ2v) is 10.8. The summed E-state index contributed by atoms with van der Waals surface area (Å²) in [7, 11) is -3.87. The molecule has 0 unspecified atom stereocenters. The summed E-state index contributed by atoms with van der Waals surface area (Å²) in [4.78, 5) is 2.52. The average molecular weight is 496 g/mol. The molecule has 0 aliphatic carbocycles. The zero-order valence-corrected chi connectivity index (χ0v) is 21.9. The molecule has 188 valence electrons. The topological polar surface area (TPSA) is 61.5 Å². The summed E-state index contributed by atoms with van der Waals surface area (Å²) in [5.74, 6) is -0.183.